The summed E-state index contributed by atoms with van der Waals surface area (Å²) < 4.78 is 0. The Hall–Kier alpha value is -1.35. The summed E-state index contributed by atoms with van der Waals surface area (Å²) in [6, 6.07) is 8.66. The highest BCUT2D eigenvalue weighted by molar-refractivity contribution is 5.79. The molecule has 1 saturated carbocycles. The normalized spacial score (nSPS) is 22.9. The van der Waals surface area contributed by atoms with Crippen molar-refractivity contribution in [2.75, 3.05) is 6.54 Å². The van der Waals surface area contributed by atoms with Gasteiger partial charge in [0, 0.05) is 18.5 Å². The van der Waals surface area contributed by atoms with Gasteiger partial charge in [0.15, 0.2) is 0 Å². The van der Waals surface area contributed by atoms with Crippen LogP contribution in [0.2, 0.25) is 0 Å². The van der Waals surface area contributed by atoms with Gasteiger partial charge < -0.3 is 11.1 Å². The molecule has 3 heteroatoms. The van der Waals surface area contributed by atoms with Crippen molar-refractivity contribution in [3.05, 3.63) is 35.4 Å². The van der Waals surface area contributed by atoms with Gasteiger partial charge in [0.1, 0.15) is 0 Å². The third-order valence-corrected chi connectivity index (χ3v) is 3.38. The number of amides is 1. The lowest BCUT2D eigenvalue weighted by molar-refractivity contribution is -0.127. The Balaban J connectivity index is 1.69. The Morgan fingerprint density at radius 1 is 1.35 bits per heavy atom. The van der Waals surface area contributed by atoms with E-state index in [-0.39, 0.29) is 17.9 Å². The molecule has 1 aliphatic carbocycles. The fourth-order valence-corrected chi connectivity index (χ4v) is 2.11. The topological polar surface area (TPSA) is 55.1 Å². The molecule has 3 N–H and O–H groups in total. The van der Waals surface area contributed by atoms with Crippen LogP contribution in [-0.4, -0.2) is 18.5 Å². The number of aryl methyl sites for hydroxylation is 1. The van der Waals surface area contributed by atoms with Crippen LogP contribution in [0.4, 0.5) is 0 Å². The van der Waals surface area contributed by atoms with Crippen LogP contribution in [0.15, 0.2) is 24.3 Å². The maximum Gasteiger partial charge on any atom is 0.223 e. The maximum absolute atomic E-state index is 11.6. The zero-order valence-corrected chi connectivity index (χ0v) is 10.3. The van der Waals surface area contributed by atoms with Gasteiger partial charge in [0.25, 0.3) is 0 Å². The summed E-state index contributed by atoms with van der Waals surface area (Å²) in [7, 11) is 0. The zero-order chi connectivity index (χ0) is 12.3. The molecule has 1 fully saturated rings. The molecule has 1 amide bonds. The number of hydrogen-bond acceptors (Lipinski definition) is 2. The van der Waals surface area contributed by atoms with E-state index in [1.165, 1.54) is 11.1 Å². The van der Waals surface area contributed by atoms with E-state index in [0.29, 0.717) is 6.54 Å². The molecule has 0 aliphatic heterocycles. The second-order valence-corrected chi connectivity index (χ2v) is 4.96. The molecule has 1 aromatic carbocycles. The first kappa shape index (κ1) is 12.1. The largest absolute Gasteiger partial charge is 0.356 e. The van der Waals surface area contributed by atoms with Crippen molar-refractivity contribution in [1.29, 1.82) is 0 Å². The fraction of sp³-hybridized carbons (Fsp3) is 0.500. The summed E-state index contributed by atoms with van der Waals surface area (Å²) in [5, 5.41) is 2.97. The first-order valence-corrected chi connectivity index (χ1v) is 6.24. The molecule has 1 aromatic rings. The van der Waals surface area contributed by atoms with E-state index >= 15 is 0 Å². The van der Waals surface area contributed by atoms with Gasteiger partial charge in [-0.2, -0.15) is 0 Å². The third-order valence-electron chi connectivity index (χ3n) is 3.38. The molecular formula is C14H20N2O. The van der Waals surface area contributed by atoms with Gasteiger partial charge in [-0.1, -0.05) is 29.8 Å². The van der Waals surface area contributed by atoms with Crippen LogP contribution in [-0.2, 0) is 11.2 Å². The fourth-order valence-electron chi connectivity index (χ4n) is 2.11. The van der Waals surface area contributed by atoms with Crippen LogP contribution >= 0.6 is 0 Å². The minimum Gasteiger partial charge on any atom is -0.356 e. The standard InChI is InChI=1S/C14H20N2O/c1-10-2-4-11(5-3-10)6-7-16-14(17)12-8-13(15)9-12/h2-5,12-13H,6-9,15H2,1H3,(H,16,17). The molecule has 0 radical (unpaired) electrons. The summed E-state index contributed by atoms with van der Waals surface area (Å²) in [6.07, 6.45) is 2.58. The highest BCUT2D eigenvalue weighted by Gasteiger charge is 2.31. The van der Waals surface area contributed by atoms with Gasteiger partial charge >= 0.3 is 0 Å². The second kappa shape index (κ2) is 5.32. The van der Waals surface area contributed by atoms with Gasteiger partial charge in [-0.15, -0.1) is 0 Å². The molecule has 0 spiro atoms. The van der Waals surface area contributed by atoms with Gasteiger partial charge in [-0.3, -0.25) is 4.79 Å². The Morgan fingerprint density at radius 2 is 2.00 bits per heavy atom. The highest BCUT2D eigenvalue weighted by Crippen LogP contribution is 2.25. The number of nitrogens with one attached hydrogen (secondary N) is 1. The lowest BCUT2D eigenvalue weighted by Gasteiger charge is -2.31. The molecular weight excluding hydrogens is 212 g/mol. The molecule has 2 rings (SSSR count). The number of benzene rings is 1. The summed E-state index contributed by atoms with van der Waals surface area (Å²) in [6.45, 7) is 2.79. The van der Waals surface area contributed by atoms with Gasteiger partial charge in [0.05, 0.1) is 0 Å². The maximum atomic E-state index is 11.6. The summed E-state index contributed by atoms with van der Waals surface area (Å²) >= 11 is 0. The summed E-state index contributed by atoms with van der Waals surface area (Å²) in [5.74, 6) is 0.321. The number of rotatable bonds is 4. The van der Waals surface area contributed by atoms with Crippen LogP contribution in [0.3, 0.4) is 0 Å². The van der Waals surface area contributed by atoms with Crippen molar-refractivity contribution >= 4 is 5.91 Å². The minimum atomic E-state index is 0.156. The molecule has 1 aliphatic rings. The minimum absolute atomic E-state index is 0.156. The molecule has 0 unspecified atom stereocenters. The number of carbonyl (C=O) groups excluding carboxylic acids is 1. The summed E-state index contributed by atoms with van der Waals surface area (Å²) in [4.78, 5) is 11.6. The first-order valence-electron chi connectivity index (χ1n) is 6.24. The van der Waals surface area contributed by atoms with Gasteiger partial charge in [0.2, 0.25) is 5.91 Å². The van der Waals surface area contributed by atoms with Gasteiger partial charge in [-0.25, -0.2) is 0 Å². The average molecular weight is 232 g/mol. The van der Waals surface area contributed by atoms with E-state index in [0.717, 1.165) is 19.3 Å². The van der Waals surface area contributed by atoms with Crippen LogP contribution in [0, 0.1) is 12.8 Å². The van der Waals surface area contributed by atoms with Crippen LogP contribution < -0.4 is 11.1 Å². The Bertz CT molecular complexity index is 380. The quantitative estimate of drug-likeness (QED) is 0.824. The number of hydrogen-bond donors (Lipinski definition) is 2. The molecule has 0 aromatic heterocycles. The van der Waals surface area contributed by atoms with Gasteiger partial charge in [-0.05, 0) is 31.7 Å². The SMILES string of the molecule is Cc1ccc(CCNC(=O)C2CC(N)C2)cc1. The monoisotopic (exact) mass is 232 g/mol. The third kappa shape index (κ3) is 3.30. The molecule has 0 bridgehead atoms. The van der Waals surface area contributed by atoms with E-state index in [9.17, 15) is 4.79 Å². The number of carbonyl (C=O) groups is 1. The van der Waals surface area contributed by atoms with E-state index < -0.39 is 0 Å². The first-order chi connectivity index (χ1) is 8.15. The van der Waals surface area contributed by atoms with Crippen molar-refractivity contribution in [2.45, 2.75) is 32.2 Å². The van der Waals surface area contributed by atoms with Crippen LogP contribution in [0.5, 0.6) is 0 Å². The smallest absolute Gasteiger partial charge is 0.223 e. The highest BCUT2D eigenvalue weighted by atomic mass is 16.1. The van der Waals surface area contributed by atoms with Crippen molar-refractivity contribution in [3.8, 4) is 0 Å². The van der Waals surface area contributed by atoms with Crippen molar-refractivity contribution in [1.82, 2.24) is 5.32 Å². The van der Waals surface area contributed by atoms with Crippen molar-refractivity contribution < 1.29 is 4.79 Å². The molecule has 17 heavy (non-hydrogen) atoms. The number of nitrogens with two attached hydrogens (primary N) is 1. The van der Waals surface area contributed by atoms with E-state index in [1.54, 1.807) is 0 Å². The Kier molecular flexibility index (Phi) is 3.79. The molecule has 0 atom stereocenters. The predicted octanol–water partition coefficient (Wildman–Crippen LogP) is 1.39. The van der Waals surface area contributed by atoms with Crippen LogP contribution in [0.1, 0.15) is 24.0 Å². The Morgan fingerprint density at radius 3 is 2.59 bits per heavy atom. The second-order valence-electron chi connectivity index (χ2n) is 4.96. The van der Waals surface area contributed by atoms with Crippen molar-refractivity contribution in [3.63, 3.8) is 0 Å². The lowest BCUT2D eigenvalue weighted by atomic mass is 9.80. The van der Waals surface area contributed by atoms with Crippen LogP contribution in [0.25, 0.3) is 0 Å². The van der Waals surface area contributed by atoms with E-state index in [4.69, 9.17) is 5.73 Å². The van der Waals surface area contributed by atoms with Crippen molar-refractivity contribution in [2.24, 2.45) is 11.7 Å². The average Bonchev–Trinajstić information content (AvgIpc) is 2.27. The lowest BCUT2D eigenvalue weighted by Crippen LogP contribution is -2.45. The molecule has 3 nitrogen and oxygen atoms in total. The Labute approximate surface area is 102 Å². The zero-order valence-electron chi connectivity index (χ0n) is 10.3. The molecule has 92 valence electrons. The molecule has 0 heterocycles. The summed E-state index contributed by atoms with van der Waals surface area (Å²) in [5.41, 5.74) is 8.19. The van der Waals surface area contributed by atoms with E-state index in [2.05, 4.69) is 36.5 Å². The predicted molar refractivity (Wildman–Crippen MR) is 68.6 cm³/mol. The molecule has 0 saturated heterocycles. The van der Waals surface area contributed by atoms with E-state index in [1.807, 2.05) is 0 Å².